The molecule has 6 heteroatoms. The van der Waals surface area contributed by atoms with Gasteiger partial charge in [-0.1, -0.05) is 0 Å². The number of hydrogen-bond acceptors (Lipinski definition) is 3. The van der Waals surface area contributed by atoms with Gasteiger partial charge in [0.1, 0.15) is 6.20 Å². The van der Waals surface area contributed by atoms with E-state index in [1.807, 2.05) is 0 Å². The lowest BCUT2D eigenvalue weighted by Gasteiger charge is -1.85. The van der Waals surface area contributed by atoms with Gasteiger partial charge in [0.05, 0.1) is 5.03 Å². The lowest BCUT2D eigenvalue weighted by atomic mass is 10.7. The normalized spacial score (nSPS) is 9.44. The maximum absolute atomic E-state index is 11.9. The van der Waals surface area contributed by atoms with Gasteiger partial charge in [-0.25, -0.2) is 4.39 Å². The van der Waals surface area contributed by atoms with Crippen molar-refractivity contribution in [3.63, 3.8) is 0 Å². The quantitative estimate of drug-likeness (QED) is 0.400. The molecule has 0 saturated heterocycles. The fourth-order valence-electron chi connectivity index (χ4n) is 0.381. The highest BCUT2D eigenvalue weighted by Gasteiger charge is 2.03. The zero-order valence-corrected chi connectivity index (χ0v) is 4.19. The number of halogens is 1. The van der Waals surface area contributed by atoms with E-state index in [4.69, 9.17) is 0 Å². The van der Waals surface area contributed by atoms with Crippen LogP contribution < -0.4 is 0 Å². The molecule has 1 rings (SSSR count). The van der Waals surface area contributed by atoms with Crippen molar-refractivity contribution >= 4 is 0 Å². The average Bonchev–Trinajstić information content (AvgIpc) is 2.14. The molecule has 1 heterocycles. The third-order valence-electron chi connectivity index (χ3n) is 0.705. The van der Waals surface area contributed by atoms with Crippen molar-refractivity contribution in [1.82, 2.24) is 9.89 Å². The Morgan fingerprint density at radius 3 is 2.78 bits per heavy atom. The van der Waals surface area contributed by atoms with Gasteiger partial charge in [-0.3, -0.25) is 0 Å². The molecule has 1 aromatic rings. The zero-order chi connectivity index (χ0) is 6.85. The molecular weight excluding hydrogens is 129 g/mol. The van der Waals surface area contributed by atoms with E-state index < -0.39 is 10.8 Å². The van der Waals surface area contributed by atoms with Gasteiger partial charge in [0, 0.05) is 9.89 Å². The predicted molar refractivity (Wildman–Crippen MR) is 24.6 cm³/mol. The summed E-state index contributed by atoms with van der Waals surface area (Å²) in [4.78, 5) is 10.1. The van der Waals surface area contributed by atoms with Crippen LogP contribution in [0.4, 0.5) is 4.39 Å². The summed E-state index contributed by atoms with van der Waals surface area (Å²) in [6.07, 6.45) is 1.45. The molecule has 5 nitrogen and oxygen atoms in total. The fourth-order valence-corrected chi connectivity index (χ4v) is 0.381. The summed E-state index contributed by atoms with van der Waals surface area (Å²) in [6, 6.07) is 0. The number of rotatable bonds is 1. The minimum atomic E-state index is -0.830. The topological polar surface area (TPSA) is 61.0 Å². The summed E-state index contributed by atoms with van der Waals surface area (Å²) >= 11 is 0. The first-order chi connectivity index (χ1) is 4.20. The summed E-state index contributed by atoms with van der Waals surface area (Å²) in [5.74, 6) is -0.716. The Morgan fingerprint density at radius 2 is 2.56 bits per heavy atom. The van der Waals surface area contributed by atoms with Gasteiger partial charge in [-0.05, 0) is 0 Å². The summed E-state index contributed by atoms with van der Waals surface area (Å²) in [7, 11) is 0. The molecule has 0 unspecified atom stereocenters. The molecule has 0 saturated carbocycles. The van der Waals surface area contributed by atoms with Gasteiger partial charge in [-0.2, -0.15) is 0 Å². The van der Waals surface area contributed by atoms with Gasteiger partial charge in [0.25, 0.3) is 0 Å². The van der Waals surface area contributed by atoms with Crippen molar-refractivity contribution < 1.29 is 9.42 Å². The van der Waals surface area contributed by atoms with E-state index >= 15 is 0 Å². The van der Waals surface area contributed by atoms with E-state index in [0.717, 1.165) is 6.20 Å². The molecule has 0 bridgehead atoms. The Kier molecular flexibility index (Phi) is 1.14. The average molecular weight is 131 g/mol. The Morgan fingerprint density at radius 1 is 1.89 bits per heavy atom. The molecule has 0 atom stereocenters. The smallest absolute Gasteiger partial charge is 0.203 e. The lowest BCUT2D eigenvalue weighted by molar-refractivity contribution is -0.552. The lowest BCUT2D eigenvalue weighted by Crippen LogP contribution is -2.07. The third-order valence-corrected chi connectivity index (χ3v) is 0.705. The van der Waals surface area contributed by atoms with Crippen LogP contribution in [0.25, 0.3) is 0 Å². The first-order valence-corrected chi connectivity index (χ1v) is 2.05. The molecule has 0 aliphatic carbocycles. The molecule has 0 radical (unpaired) electrons. The van der Waals surface area contributed by atoms with Crippen molar-refractivity contribution in [2.75, 3.05) is 0 Å². The molecule has 0 aromatic carbocycles. The van der Waals surface area contributed by atoms with E-state index in [-0.39, 0.29) is 0 Å². The third kappa shape index (κ3) is 1.01. The van der Waals surface area contributed by atoms with Crippen LogP contribution in [0.5, 0.6) is 0 Å². The molecule has 48 valence electrons. The molecule has 0 aliphatic rings. The second kappa shape index (κ2) is 1.81. The molecule has 0 spiro atoms. The first kappa shape index (κ1) is 5.67. The molecule has 9 heavy (non-hydrogen) atoms. The number of hydrogen-bond donors (Lipinski definition) is 0. The van der Waals surface area contributed by atoms with Gasteiger partial charge in [0.15, 0.2) is 5.82 Å². The molecule has 0 fully saturated rings. The predicted octanol–water partition coefficient (Wildman–Crippen LogP) is 0.0620. The van der Waals surface area contributed by atoms with E-state index in [1.165, 1.54) is 0 Å². The Hall–Kier alpha value is -1.46. The second-order valence-corrected chi connectivity index (χ2v) is 1.32. The minimum Gasteiger partial charge on any atom is -0.339 e. The van der Waals surface area contributed by atoms with Crippen LogP contribution in [0.1, 0.15) is 0 Å². The van der Waals surface area contributed by atoms with E-state index in [1.54, 1.807) is 0 Å². The van der Waals surface area contributed by atoms with Crippen LogP contribution in [-0.2, 0) is 0 Å². The van der Waals surface area contributed by atoms with E-state index in [2.05, 4.69) is 5.10 Å². The molecule has 1 aromatic heterocycles. The van der Waals surface area contributed by atoms with Crippen molar-refractivity contribution in [2.45, 2.75) is 0 Å². The van der Waals surface area contributed by atoms with Crippen molar-refractivity contribution in [1.29, 1.82) is 0 Å². The van der Waals surface area contributed by atoms with Crippen LogP contribution in [0.15, 0.2) is 12.4 Å². The highest BCUT2D eigenvalue weighted by Crippen LogP contribution is 1.91. The monoisotopic (exact) mass is 131 g/mol. The summed E-state index contributed by atoms with van der Waals surface area (Å²) in [5, 5.41) is 12.0. The SMILES string of the molecule is O=[N+]([O-])n1cc(F)cn1. The van der Waals surface area contributed by atoms with Crippen LogP contribution in [0, 0.1) is 15.9 Å². The first-order valence-electron chi connectivity index (χ1n) is 2.05. The van der Waals surface area contributed by atoms with Crippen LogP contribution in [-0.4, -0.2) is 14.9 Å². The second-order valence-electron chi connectivity index (χ2n) is 1.32. The zero-order valence-electron chi connectivity index (χ0n) is 4.19. The molecule has 0 aliphatic heterocycles. The van der Waals surface area contributed by atoms with Gasteiger partial charge in [-0.15, -0.1) is 0 Å². The largest absolute Gasteiger partial charge is 0.339 e. The van der Waals surface area contributed by atoms with Gasteiger partial charge < -0.3 is 10.1 Å². The fraction of sp³-hybridized carbons (Fsp3) is 0. The van der Waals surface area contributed by atoms with Crippen LogP contribution in [0.2, 0.25) is 0 Å². The Labute approximate surface area is 48.8 Å². The maximum atomic E-state index is 11.9. The standard InChI is InChI=1S/C3H2FN3O2/c4-3-1-5-6(2-3)7(8)9/h1-2H. The van der Waals surface area contributed by atoms with Crippen LogP contribution >= 0.6 is 0 Å². The number of aromatic nitrogens is 2. The van der Waals surface area contributed by atoms with Gasteiger partial charge >= 0.3 is 0 Å². The van der Waals surface area contributed by atoms with Crippen molar-refractivity contribution in [3.05, 3.63) is 28.3 Å². The minimum absolute atomic E-state index is 0.301. The highest BCUT2D eigenvalue weighted by atomic mass is 19.1. The molecule has 0 amide bonds. The summed E-state index contributed by atoms with van der Waals surface area (Å²) in [6.45, 7) is 0. The molecular formula is C3H2FN3O2. The highest BCUT2D eigenvalue weighted by molar-refractivity contribution is 4.81. The molecule has 0 N–H and O–H groups in total. The van der Waals surface area contributed by atoms with Crippen molar-refractivity contribution in [3.8, 4) is 0 Å². The van der Waals surface area contributed by atoms with E-state index in [9.17, 15) is 14.5 Å². The maximum Gasteiger partial charge on any atom is 0.203 e. The number of nitrogens with zero attached hydrogens (tertiary/aromatic N) is 3. The summed E-state index contributed by atoms with van der Waals surface area (Å²) < 4.78 is 11.9. The van der Waals surface area contributed by atoms with E-state index in [0.29, 0.717) is 11.0 Å². The van der Waals surface area contributed by atoms with Gasteiger partial charge in [0.2, 0.25) is 6.20 Å². The van der Waals surface area contributed by atoms with Crippen molar-refractivity contribution in [2.24, 2.45) is 0 Å². The number of nitro groups is 1. The summed E-state index contributed by atoms with van der Waals surface area (Å²) in [5.41, 5.74) is 0. The van der Waals surface area contributed by atoms with Crippen LogP contribution in [0.3, 0.4) is 0 Å². The Balaban J connectivity index is 2.98. The Bertz CT molecular complexity index is 233.